The summed E-state index contributed by atoms with van der Waals surface area (Å²) in [6, 6.07) is 8.05. The van der Waals surface area contributed by atoms with Crippen molar-refractivity contribution >= 4 is 22.7 Å². The fraction of sp³-hybridized carbons (Fsp3) is 0.368. The van der Waals surface area contributed by atoms with Crippen LogP contribution in [-0.2, 0) is 4.74 Å². The molecule has 2 N–H and O–H groups in total. The number of allylic oxidation sites excluding steroid dienone is 2. The van der Waals surface area contributed by atoms with E-state index >= 15 is 0 Å². The standard InChI is InChI=1S/C19H24N4O/c1-4-7-13-10-14(12-15(11-13)24-3)21-19-18(20-2)22-16-8-5-6-9-17(16)23-19/h5-6,8-11,14H,4,7,12H2,1-3H3,(H,20,22)(H,21,23). The molecule has 0 spiro atoms. The number of hydrogen-bond donors (Lipinski definition) is 2. The molecule has 0 saturated carbocycles. The zero-order chi connectivity index (χ0) is 16.9. The second-order valence-electron chi connectivity index (χ2n) is 5.92. The molecule has 3 rings (SSSR count). The van der Waals surface area contributed by atoms with Gasteiger partial charge < -0.3 is 15.4 Å². The monoisotopic (exact) mass is 324 g/mol. The lowest BCUT2D eigenvalue weighted by molar-refractivity contribution is 0.273. The summed E-state index contributed by atoms with van der Waals surface area (Å²) in [5, 5.41) is 6.65. The van der Waals surface area contributed by atoms with Crippen molar-refractivity contribution in [2.45, 2.75) is 32.2 Å². The third kappa shape index (κ3) is 3.50. The van der Waals surface area contributed by atoms with Crippen molar-refractivity contribution < 1.29 is 4.74 Å². The van der Waals surface area contributed by atoms with Crippen LogP contribution < -0.4 is 10.6 Å². The summed E-state index contributed by atoms with van der Waals surface area (Å²) in [7, 11) is 3.59. The van der Waals surface area contributed by atoms with Gasteiger partial charge in [0, 0.05) is 13.5 Å². The number of rotatable bonds is 6. The van der Waals surface area contributed by atoms with Gasteiger partial charge in [-0.2, -0.15) is 0 Å². The van der Waals surface area contributed by atoms with Crippen molar-refractivity contribution in [3.8, 4) is 0 Å². The van der Waals surface area contributed by atoms with Gasteiger partial charge in [-0.15, -0.1) is 0 Å². The van der Waals surface area contributed by atoms with E-state index in [2.05, 4.69) is 34.7 Å². The van der Waals surface area contributed by atoms with Crippen LogP contribution in [0, 0.1) is 0 Å². The molecule has 5 heteroatoms. The Morgan fingerprint density at radius 2 is 1.88 bits per heavy atom. The molecule has 0 bridgehead atoms. The molecule has 0 radical (unpaired) electrons. The van der Waals surface area contributed by atoms with Crippen LogP contribution in [0.15, 0.2) is 47.7 Å². The second-order valence-corrected chi connectivity index (χ2v) is 5.92. The summed E-state index contributed by atoms with van der Waals surface area (Å²) < 4.78 is 5.49. The Kier molecular flexibility index (Phi) is 4.99. The molecule has 5 nitrogen and oxygen atoms in total. The summed E-state index contributed by atoms with van der Waals surface area (Å²) >= 11 is 0. The summed E-state index contributed by atoms with van der Waals surface area (Å²) in [4.78, 5) is 9.39. The molecule has 1 aliphatic rings. The molecule has 1 aromatic heterocycles. The van der Waals surface area contributed by atoms with E-state index in [4.69, 9.17) is 9.72 Å². The molecule has 2 aromatic rings. The predicted octanol–water partition coefficient (Wildman–Crippen LogP) is 4.11. The predicted molar refractivity (Wildman–Crippen MR) is 99.2 cm³/mol. The summed E-state index contributed by atoms with van der Waals surface area (Å²) in [5.74, 6) is 2.52. The first-order valence-electron chi connectivity index (χ1n) is 8.39. The van der Waals surface area contributed by atoms with E-state index in [9.17, 15) is 0 Å². The number of nitrogens with zero attached hydrogens (tertiary/aromatic N) is 2. The van der Waals surface area contributed by atoms with E-state index in [1.807, 2.05) is 31.3 Å². The molecule has 0 aliphatic heterocycles. The van der Waals surface area contributed by atoms with Gasteiger partial charge >= 0.3 is 0 Å². The van der Waals surface area contributed by atoms with E-state index in [0.717, 1.165) is 47.7 Å². The zero-order valence-electron chi connectivity index (χ0n) is 14.5. The molecular weight excluding hydrogens is 300 g/mol. The molecule has 1 unspecified atom stereocenters. The van der Waals surface area contributed by atoms with Gasteiger partial charge in [0.25, 0.3) is 0 Å². The highest BCUT2D eigenvalue weighted by molar-refractivity contribution is 5.80. The number of methoxy groups -OCH3 is 1. The molecule has 0 amide bonds. The largest absolute Gasteiger partial charge is 0.501 e. The lowest BCUT2D eigenvalue weighted by Gasteiger charge is -2.23. The number of aromatic nitrogens is 2. The number of fused-ring (bicyclic) bond motifs is 1. The molecule has 0 saturated heterocycles. The van der Waals surface area contributed by atoms with Gasteiger partial charge in [-0.05, 0) is 30.2 Å². The van der Waals surface area contributed by atoms with Gasteiger partial charge in [0.15, 0.2) is 11.6 Å². The molecular formula is C19H24N4O. The van der Waals surface area contributed by atoms with Gasteiger partial charge in [0.1, 0.15) is 0 Å². The molecule has 1 atom stereocenters. The van der Waals surface area contributed by atoms with Gasteiger partial charge in [0.2, 0.25) is 0 Å². The number of nitrogens with one attached hydrogen (secondary N) is 2. The molecule has 24 heavy (non-hydrogen) atoms. The number of ether oxygens (including phenoxy) is 1. The van der Waals surface area contributed by atoms with Gasteiger partial charge in [-0.25, -0.2) is 9.97 Å². The number of hydrogen-bond acceptors (Lipinski definition) is 5. The summed E-state index contributed by atoms with van der Waals surface area (Å²) in [6.07, 6.45) is 7.38. The van der Waals surface area contributed by atoms with E-state index in [1.165, 1.54) is 5.57 Å². The van der Waals surface area contributed by atoms with Crippen LogP contribution in [0.3, 0.4) is 0 Å². The third-order valence-electron chi connectivity index (χ3n) is 4.11. The minimum atomic E-state index is 0.147. The maximum atomic E-state index is 5.49. The van der Waals surface area contributed by atoms with Crippen LogP contribution in [0.1, 0.15) is 26.2 Å². The lowest BCUT2D eigenvalue weighted by atomic mass is 9.98. The van der Waals surface area contributed by atoms with Crippen LogP contribution in [0.5, 0.6) is 0 Å². The van der Waals surface area contributed by atoms with Crippen molar-refractivity contribution in [2.24, 2.45) is 0 Å². The maximum Gasteiger partial charge on any atom is 0.170 e. The minimum absolute atomic E-state index is 0.147. The Morgan fingerprint density at radius 1 is 1.17 bits per heavy atom. The van der Waals surface area contributed by atoms with Gasteiger partial charge in [0.05, 0.1) is 29.9 Å². The van der Waals surface area contributed by atoms with Crippen molar-refractivity contribution in [3.05, 3.63) is 47.7 Å². The topological polar surface area (TPSA) is 59.1 Å². The zero-order valence-corrected chi connectivity index (χ0v) is 14.5. The second kappa shape index (κ2) is 7.34. The SMILES string of the molecule is CCCC1=CC(Nc2nc3ccccc3nc2NC)CC(OC)=C1. The van der Waals surface area contributed by atoms with Gasteiger partial charge in [-0.3, -0.25) is 0 Å². The fourth-order valence-corrected chi connectivity index (χ4v) is 2.98. The number of benzene rings is 1. The van der Waals surface area contributed by atoms with Crippen LogP contribution >= 0.6 is 0 Å². The molecule has 1 aliphatic carbocycles. The molecule has 1 aromatic carbocycles. The number of para-hydroxylation sites is 2. The highest BCUT2D eigenvalue weighted by atomic mass is 16.5. The smallest absolute Gasteiger partial charge is 0.170 e. The third-order valence-corrected chi connectivity index (χ3v) is 4.11. The van der Waals surface area contributed by atoms with Crippen molar-refractivity contribution in [3.63, 3.8) is 0 Å². The summed E-state index contributed by atoms with van der Waals surface area (Å²) in [5.41, 5.74) is 3.07. The Labute approximate surface area is 142 Å². The van der Waals surface area contributed by atoms with E-state index in [-0.39, 0.29) is 6.04 Å². The Balaban J connectivity index is 1.90. The van der Waals surface area contributed by atoms with Crippen LogP contribution in [0.4, 0.5) is 11.6 Å². The maximum absolute atomic E-state index is 5.49. The quantitative estimate of drug-likeness (QED) is 0.837. The summed E-state index contributed by atoms with van der Waals surface area (Å²) in [6.45, 7) is 2.19. The van der Waals surface area contributed by atoms with Crippen LogP contribution in [0.25, 0.3) is 11.0 Å². The van der Waals surface area contributed by atoms with Gasteiger partial charge in [-0.1, -0.05) is 31.6 Å². The molecule has 1 heterocycles. The van der Waals surface area contributed by atoms with E-state index in [0.29, 0.717) is 0 Å². The molecule has 0 fully saturated rings. The van der Waals surface area contributed by atoms with Crippen molar-refractivity contribution in [2.75, 3.05) is 24.8 Å². The normalized spacial score (nSPS) is 17.2. The first-order chi connectivity index (χ1) is 11.7. The first-order valence-corrected chi connectivity index (χ1v) is 8.39. The highest BCUT2D eigenvalue weighted by Gasteiger charge is 2.18. The Hall–Kier alpha value is -2.56. The van der Waals surface area contributed by atoms with Crippen molar-refractivity contribution in [1.29, 1.82) is 0 Å². The Bertz CT molecular complexity index is 782. The lowest BCUT2D eigenvalue weighted by Crippen LogP contribution is -2.23. The van der Waals surface area contributed by atoms with Crippen molar-refractivity contribution in [1.82, 2.24) is 9.97 Å². The average molecular weight is 324 g/mol. The number of anilines is 2. The average Bonchev–Trinajstić information content (AvgIpc) is 2.61. The Morgan fingerprint density at radius 3 is 2.50 bits per heavy atom. The van der Waals surface area contributed by atoms with Crippen LogP contribution in [0.2, 0.25) is 0 Å². The fourth-order valence-electron chi connectivity index (χ4n) is 2.98. The highest BCUT2D eigenvalue weighted by Crippen LogP contribution is 2.27. The van der Waals surface area contributed by atoms with Crippen LogP contribution in [-0.4, -0.2) is 30.2 Å². The molecule has 126 valence electrons. The van der Waals surface area contributed by atoms with E-state index < -0.39 is 0 Å². The van der Waals surface area contributed by atoms with E-state index in [1.54, 1.807) is 7.11 Å². The first kappa shape index (κ1) is 16.3. The minimum Gasteiger partial charge on any atom is -0.501 e.